The summed E-state index contributed by atoms with van der Waals surface area (Å²) in [4.78, 5) is 24.1. The predicted octanol–water partition coefficient (Wildman–Crippen LogP) is 0.262. The lowest BCUT2D eigenvalue weighted by Crippen LogP contribution is -2.46. The third kappa shape index (κ3) is 2.58. The van der Waals surface area contributed by atoms with Crippen molar-refractivity contribution < 1.29 is 19.8 Å². The van der Waals surface area contributed by atoms with E-state index in [1.165, 1.54) is 4.90 Å². The zero-order valence-electron chi connectivity index (χ0n) is 10.7. The molecule has 1 saturated heterocycles. The molecule has 1 saturated carbocycles. The summed E-state index contributed by atoms with van der Waals surface area (Å²) in [6.45, 7) is 4.95. The Morgan fingerprint density at radius 1 is 1.44 bits per heavy atom. The first kappa shape index (κ1) is 13.1. The Balaban J connectivity index is 1.86. The number of nitrogens with one attached hydrogen (secondary N) is 1. The van der Waals surface area contributed by atoms with Gasteiger partial charge in [0.2, 0.25) is 0 Å². The number of β-amino-alcohol motifs (C(OH)–C–C–N with tert-alkyl or cyclic N) is 1. The fourth-order valence-electron chi connectivity index (χ4n) is 2.51. The van der Waals surface area contributed by atoms with E-state index in [9.17, 15) is 14.7 Å². The molecule has 1 aliphatic heterocycles. The van der Waals surface area contributed by atoms with Gasteiger partial charge in [0.1, 0.15) is 6.04 Å². The van der Waals surface area contributed by atoms with Gasteiger partial charge in [0, 0.05) is 19.5 Å². The van der Waals surface area contributed by atoms with Crippen LogP contribution in [0.5, 0.6) is 0 Å². The van der Waals surface area contributed by atoms with E-state index in [0.29, 0.717) is 12.5 Å². The molecule has 18 heavy (non-hydrogen) atoms. The third-order valence-corrected chi connectivity index (χ3v) is 4.04. The van der Waals surface area contributed by atoms with Crippen LogP contribution in [-0.4, -0.2) is 52.3 Å². The lowest BCUT2D eigenvalue weighted by Gasteiger charge is -2.21. The number of carbonyl (C=O) groups excluding carboxylic acids is 1. The standard InChI is InChI=1S/C12H20N2O4/c1-12(2)4-7(12)5-13-11(18)14-6-8(15)3-9(14)10(16)17/h7-9,15H,3-6H2,1-2H3,(H,13,18)(H,16,17)/t7?,8-,9-/m1/s1. The number of nitrogens with zero attached hydrogens (tertiary/aromatic N) is 1. The summed E-state index contributed by atoms with van der Waals surface area (Å²) in [5, 5.41) is 21.2. The van der Waals surface area contributed by atoms with Crippen molar-refractivity contribution in [3.8, 4) is 0 Å². The zero-order valence-corrected chi connectivity index (χ0v) is 10.7. The molecule has 2 amide bonds. The van der Waals surface area contributed by atoms with Gasteiger partial charge in [0.15, 0.2) is 0 Å². The van der Waals surface area contributed by atoms with Crippen LogP contribution in [-0.2, 0) is 4.79 Å². The van der Waals surface area contributed by atoms with Crippen molar-refractivity contribution >= 4 is 12.0 Å². The topological polar surface area (TPSA) is 89.9 Å². The quantitative estimate of drug-likeness (QED) is 0.675. The van der Waals surface area contributed by atoms with Crippen molar-refractivity contribution in [2.75, 3.05) is 13.1 Å². The molecule has 102 valence electrons. The van der Waals surface area contributed by atoms with E-state index in [-0.39, 0.29) is 24.4 Å². The van der Waals surface area contributed by atoms with E-state index < -0.39 is 18.1 Å². The Hall–Kier alpha value is -1.30. The predicted molar refractivity (Wildman–Crippen MR) is 64.0 cm³/mol. The van der Waals surface area contributed by atoms with Crippen molar-refractivity contribution in [3.63, 3.8) is 0 Å². The lowest BCUT2D eigenvalue weighted by molar-refractivity contribution is -0.141. The van der Waals surface area contributed by atoms with Crippen molar-refractivity contribution in [3.05, 3.63) is 0 Å². The summed E-state index contributed by atoms with van der Waals surface area (Å²) in [6.07, 6.45) is 0.449. The number of amides is 2. The van der Waals surface area contributed by atoms with Crippen LogP contribution < -0.4 is 5.32 Å². The second kappa shape index (κ2) is 4.42. The van der Waals surface area contributed by atoms with Gasteiger partial charge in [0.25, 0.3) is 0 Å². The highest BCUT2D eigenvalue weighted by Crippen LogP contribution is 2.50. The fraction of sp³-hybridized carbons (Fsp3) is 0.833. The molecular weight excluding hydrogens is 236 g/mol. The number of hydrogen-bond acceptors (Lipinski definition) is 3. The van der Waals surface area contributed by atoms with Crippen LogP contribution in [0.25, 0.3) is 0 Å². The molecule has 3 atom stereocenters. The molecule has 0 aromatic heterocycles. The van der Waals surface area contributed by atoms with Gasteiger partial charge in [-0.15, -0.1) is 0 Å². The number of aliphatic hydroxyl groups excluding tert-OH is 1. The summed E-state index contributed by atoms with van der Waals surface area (Å²) in [6, 6.07) is -1.30. The van der Waals surface area contributed by atoms with Crippen LogP contribution in [0.2, 0.25) is 0 Å². The fourth-order valence-corrected chi connectivity index (χ4v) is 2.51. The van der Waals surface area contributed by atoms with E-state index in [4.69, 9.17) is 5.11 Å². The molecule has 2 aliphatic rings. The van der Waals surface area contributed by atoms with Gasteiger partial charge in [0.05, 0.1) is 6.10 Å². The number of carboxylic acid groups (broad SMARTS) is 1. The number of aliphatic hydroxyl groups is 1. The Morgan fingerprint density at radius 2 is 2.06 bits per heavy atom. The Kier molecular flexibility index (Phi) is 3.23. The molecule has 1 heterocycles. The maximum absolute atomic E-state index is 11.9. The monoisotopic (exact) mass is 256 g/mol. The maximum atomic E-state index is 11.9. The van der Waals surface area contributed by atoms with Gasteiger partial charge in [-0.1, -0.05) is 13.8 Å². The van der Waals surface area contributed by atoms with Crippen LogP contribution in [0, 0.1) is 11.3 Å². The lowest BCUT2D eigenvalue weighted by atomic mass is 10.1. The SMILES string of the molecule is CC1(C)CC1CNC(=O)N1C[C@H](O)C[C@@H]1C(=O)O. The molecule has 1 aliphatic carbocycles. The van der Waals surface area contributed by atoms with Crippen molar-refractivity contribution in [2.45, 2.75) is 38.8 Å². The van der Waals surface area contributed by atoms with E-state index in [2.05, 4.69) is 19.2 Å². The van der Waals surface area contributed by atoms with Crippen molar-refractivity contribution in [1.29, 1.82) is 0 Å². The van der Waals surface area contributed by atoms with Gasteiger partial charge in [-0.3, -0.25) is 0 Å². The van der Waals surface area contributed by atoms with Gasteiger partial charge < -0.3 is 20.4 Å². The molecule has 6 nitrogen and oxygen atoms in total. The van der Waals surface area contributed by atoms with Gasteiger partial charge in [-0.05, 0) is 17.8 Å². The highest BCUT2D eigenvalue weighted by Gasteiger charge is 2.46. The van der Waals surface area contributed by atoms with Crippen molar-refractivity contribution in [1.82, 2.24) is 10.2 Å². The van der Waals surface area contributed by atoms with Gasteiger partial charge in [-0.2, -0.15) is 0 Å². The first-order valence-electron chi connectivity index (χ1n) is 6.26. The maximum Gasteiger partial charge on any atom is 0.326 e. The molecule has 3 N–H and O–H groups in total. The summed E-state index contributed by atoms with van der Waals surface area (Å²) in [5.74, 6) is -0.592. The molecule has 0 aromatic carbocycles. The smallest absolute Gasteiger partial charge is 0.326 e. The summed E-state index contributed by atoms with van der Waals surface area (Å²) < 4.78 is 0. The summed E-state index contributed by atoms with van der Waals surface area (Å²) in [5.41, 5.74) is 0.282. The number of urea groups is 1. The second-order valence-corrected chi connectivity index (χ2v) is 5.97. The van der Waals surface area contributed by atoms with Crippen LogP contribution >= 0.6 is 0 Å². The minimum absolute atomic E-state index is 0.0941. The first-order chi connectivity index (χ1) is 8.31. The average molecular weight is 256 g/mol. The van der Waals surface area contributed by atoms with Gasteiger partial charge in [-0.25, -0.2) is 9.59 Å². The van der Waals surface area contributed by atoms with Crippen LogP contribution in [0.3, 0.4) is 0 Å². The minimum Gasteiger partial charge on any atom is -0.480 e. The number of carbonyl (C=O) groups is 2. The van der Waals surface area contributed by atoms with E-state index in [0.717, 1.165) is 6.42 Å². The van der Waals surface area contributed by atoms with Crippen LogP contribution in [0.1, 0.15) is 26.7 Å². The molecule has 1 unspecified atom stereocenters. The second-order valence-electron chi connectivity index (χ2n) is 5.97. The Morgan fingerprint density at radius 3 is 2.56 bits per heavy atom. The normalized spacial score (nSPS) is 33.3. The molecule has 0 spiro atoms. The molecular formula is C12H20N2O4. The molecule has 2 rings (SSSR count). The Labute approximate surface area is 106 Å². The molecule has 2 fully saturated rings. The molecule has 6 heteroatoms. The Bertz CT molecular complexity index is 369. The molecule has 0 bridgehead atoms. The van der Waals surface area contributed by atoms with Crippen LogP contribution in [0.4, 0.5) is 4.79 Å². The third-order valence-electron chi connectivity index (χ3n) is 4.04. The number of hydrogen-bond donors (Lipinski definition) is 3. The zero-order chi connectivity index (χ0) is 13.5. The largest absolute Gasteiger partial charge is 0.480 e. The summed E-state index contributed by atoms with van der Waals surface area (Å²) in [7, 11) is 0. The van der Waals surface area contributed by atoms with E-state index in [1.54, 1.807) is 0 Å². The highest BCUT2D eigenvalue weighted by atomic mass is 16.4. The first-order valence-corrected chi connectivity index (χ1v) is 6.26. The number of carboxylic acids is 1. The minimum atomic E-state index is -1.06. The number of rotatable bonds is 3. The number of aliphatic carboxylic acids is 1. The molecule has 0 aromatic rings. The van der Waals surface area contributed by atoms with Crippen LogP contribution in [0.15, 0.2) is 0 Å². The highest BCUT2D eigenvalue weighted by molar-refractivity contribution is 5.83. The van der Waals surface area contributed by atoms with Gasteiger partial charge >= 0.3 is 12.0 Å². The van der Waals surface area contributed by atoms with E-state index >= 15 is 0 Å². The van der Waals surface area contributed by atoms with Crippen molar-refractivity contribution in [2.24, 2.45) is 11.3 Å². The average Bonchev–Trinajstić information content (AvgIpc) is 2.70. The van der Waals surface area contributed by atoms with E-state index in [1.807, 2.05) is 0 Å². The molecule has 0 radical (unpaired) electrons. The number of likely N-dealkylation sites (tertiary alicyclic amines) is 1. The summed E-state index contributed by atoms with van der Waals surface area (Å²) >= 11 is 0.